The first-order valence-electron chi connectivity index (χ1n) is 6.33. The van der Waals surface area contributed by atoms with Crippen molar-refractivity contribution in [3.63, 3.8) is 0 Å². The number of benzene rings is 2. The molecule has 3 nitrogen and oxygen atoms in total. The minimum absolute atomic E-state index is 0.0851. The molecule has 0 fully saturated rings. The Morgan fingerprint density at radius 1 is 1.10 bits per heavy atom. The van der Waals surface area contributed by atoms with Crippen LogP contribution >= 0.6 is 22.3 Å². The summed E-state index contributed by atoms with van der Waals surface area (Å²) in [6.45, 7) is 3.68. The van der Waals surface area contributed by atoms with Crippen molar-refractivity contribution in [1.29, 1.82) is 0 Å². The van der Waals surface area contributed by atoms with Crippen molar-refractivity contribution in [3.05, 3.63) is 52.5 Å². The van der Waals surface area contributed by atoms with Crippen molar-refractivity contribution in [1.82, 2.24) is 0 Å². The van der Waals surface area contributed by atoms with Crippen molar-refractivity contribution < 1.29 is 13.2 Å². The molecule has 0 amide bonds. The quantitative estimate of drug-likeness (QED) is 0.738. The van der Waals surface area contributed by atoms with Gasteiger partial charge in [-0.2, -0.15) is 0 Å². The lowest BCUT2D eigenvalue weighted by Gasteiger charge is -2.10. The minimum Gasteiger partial charge on any atom is -0.457 e. The van der Waals surface area contributed by atoms with Gasteiger partial charge < -0.3 is 4.74 Å². The fourth-order valence-corrected chi connectivity index (χ4v) is 3.43. The zero-order chi connectivity index (χ0) is 15.6. The molecule has 0 atom stereocenters. The van der Waals surface area contributed by atoms with Crippen molar-refractivity contribution in [2.45, 2.75) is 25.2 Å². The lowest BCUT2D eigenvalue weighted by Crippen LogP contribution is -1.95. The van der Waals surface area contributed by atoms with Crippen molar-refractivity contribution in [3.8, 4) is 11.5 Å². The summed E-state index contributed by atoms with van der Waals surface area (Å²) in [5.74, 6) is 1.19. The molecule has 0 aromatic heterocycles. The Hall–Kier alpha value is -1.23. The van der Waals surface area contributed by atoms with Gasteiger partial charge in [-0.15, -0.1) is 0 Å². The third-order valence-electron chi connectivity index (χ3n) is 3.04. The Bertz CT molecular complexity index is 770. The number of rotatable bonds is 4. The summed E-state index contributed by atoms with van der Waals surface area (Å²) in [6.07, 6.45) is 0.804. The molecule has 2 aromatic carbocycles. The summed E-state index contributed by atoms with van der Waals surface area (Å²) >= 11 is 6.06. The summed E-state index contributed by atoms with van der Waals surface area (Å²) in [6, 6.07) is 10.1. The van der Waals surface area contributed by atoms with Gasteiger partial charge in [-0.1, -0.05) is 18.5 Å². The van der Waals surface area contributed by atoms with E-state index in [1.54, 1.807) is 31.2 Å². The second-order valence-electron chi connectivity index (χ2n) is 4.57. The Balaban J connectivity index is 2.31. The van der Waals surface area contributed by atoms with Gasteiger partial charge in [0.15, 0.2) is 0 Å². The number of halogens is 2. The van der Waals surface area contributed by atoms with E-state index in [-0.39, 0.29) is 4.90 Å². The van der Waals surface area contributed by atoms with Crippen LogP contribution in [0.25, 0.3) is 0 Å². The molecule has 0 N–H and O–H groups in total. The molecule has 0 saturated heterocycles. The number of hydrogen-bond donors (Lipinski definition) is 0. The van der Waals surface area contributed by atoms with E-state index in [4.69, 9.17) is 27.0 Å². The largest absolute Gasteiger partial charge is 0.457 e. The SMILES string of the molecule is CCc1cc(Oc2ccc(S(=O)(=O)Cl)c(C)c2)ccc1Cl. The molecule has 0 radical (unpaired) electrons. The Morgan fingerprint density at radius 3 is 2.29 bits per heavy atom. The highest BCUT2D eigenvalue weighted by molar-refractivity contribution is 8.13. The van der Waals surface area contributed by atoms with Gasteiger partial charge in [0.2, 0.25) is 0 Å². The first-order valence-corrected chi connectivity index (χ1v) is 9.01. The summed E-state index contributed by atoms with van der Waals surface area (Å²) in [5, 5.41) is 0.699. The third-order valence-corrected chi connectivity index (χ3v) is 4.89. The Morgan fingerprint density at radius 2 is 1.71 bits per heavy atom. The van der Waals surface area contributed by atoms with Gasteiger partial charge in [-0.05, 0) is 60.9 Å². The monoisotopic (exact) mass is 344 g/mol. The Kier molecular flexibility index (Phi) is 4.81. The standard InChI is InChI=1S/C15H14Cl2O3S/c1-3-11-9-13(4-6-14(11)16)20-12-5-7-15(10(2)8-12)21(17,18)19/h4-9H,3H2,1-2H3. The highest BCUT2D eigenvalue weighted by Crippen LogP contribution is 2.29. The first-order chi connectivity index (χ1) is 9.81. The second-order valence-corrected chi connectivity index (χ2v) is 7.52. The van der Waals surface area contributed by atoms with E-state index >= 15 is 0 Å². The third kappa shape index (κ3) is 3.90. The van der Waals surface area contributed by atoms with Crippen LogP contribution in [0.5, 0.6) is 11.5 Å². The summed E-state index contributed by atoms with van der Waals surface area (Å²) in [7, 11) is 1.61. The molecular formula is C15H14Cl2O3S. The molecule has 0 aliphatic rings. The van der Waals surface area contributed by atoms with Crippen LogP contribution in [0.1, 0.15) is 18.1 Å². The van der Waals surface area contributed by atoms with Gasteiger partial charge in [0.1, 0.15) is 11.5 Å². The molecule has 6 heteroatoms. The van der Waals surface area contributed by atoms with Crippen molar-refractivity contribution in [2.24, 2.45) is 0 Å². The smallest absolute Gasteiger partial charge is 0.261 e. The van der Waals surface area contributed by atoms with Gasteiger partial charge in [0.05, 0.1) is 4.90 Å². The van der Waals surface area contributed by atoms with Gasteiger partial charge in [-0.3, -0.25) is 0 Å². The summed E-state index contributed by atoms with van der Waals surface area (Å²) < 4.78 is 28.4. The van der Waals surface area contributed by atoms with E-state index in [2.05, 4.69) is 0 Å². The fourth-order valence-electron chi connectivity index (χ4n) is 1.98. The molecular weight excluding hydrogens is 331 g/mol. The summed E-state index contributed by atoms with van der Waals surface area (Å²) in [4.78, 5) is 0.0851. The highest BCUT2D eigenvalue weighted by atomic mass is 35.7. The van der Waals surface area contributed by atoms with E-state index in [0.717, 1.165) is 12.0 Å². The minimum atomic E-state index is -3.74. The second kappa shape index (κ2) is 6.26. The molecule has 0 spiro atoms. The number of ether oxygens (including phenoxy) is 1. The average molecular weight is 345 g/mol. The van der Waals surface area contributed by atoms with E-state index in [1.165, 1.54) is 6.07 Å². The van der Waals surface area contributed by atoms with E-state index in [1.807, 2.05) is 13.0 Å². The van der Waals surface area contributed by atoms with E-state index in [0.29, 0.717) is 22.1 Å². The number of hydrogen-bond acceptors (Lipinski definition) is 3. The van der Waals surface area contributed by atoms with Crippen LogP contribution in [0.3, 0.4) is 0 Å². The highest BCUT2D eigenvalue weighted by Gasteiger charge is 2.14. The van der Waals surface area contributed by atoms with Crippen LogP contribution in [0.4, 0.5) is 0 Å². The van der Waals surface area contributed by atoms with Crippen LogP contribution in [-0.4, -0.2) is 8.42 Å². The maximum Gasteiger partial charge on any atom is 0.261 e. The zero-order valence-electron chi connectivity index (χ0n) is 11.6. The molecule has 0 aliphatic carbocycles. The Labute approximate surface area is 133 Å². The average Bonchev–Trinajstić information content (AvgIpc) is 2.39. The molecule has 112 valence electrons. The maximum atomic E-state index is 11.4. The van der Waals surface area contributed by atoms with Gasteiger partial charge in [0, 0.05) is 15.7 Å². The van der Waals surface area contributed by atoms with Crippen LogP contribution in [0.2, 0.25) is 5.02 Å². The first kappa shape index (κ1) is 16.1. The van der Waals surface area contributed by atoms with Gasteiger partial charge in [-0.25, -0.2) is 8.42 Å². The molecule has 0 saturated carbocycles. The molecule has 0 heterocycles. The van der Waals surface area contributed by atoms with Crippen LogP contribution in [0, 0.1) is 6.92 Å². The predicted octanol–water partition coefficient (Wildman–Crippen LogP) is 4.93. The summed E-state index contributed by atoms with van der Waals surface area (Å²) in [5.41, 5.74) is 1.53. The van der Waals surface area contributed by atoms with Crippen molar-refractivity contribution >= 4 is 31.3 Å². The normalized spacial score (nSPS) is 11.4. The molecule has 21 heavy (non-hydrogen) atoms. The molecule has 0 bridgehead atoms. The van der Waals surface area contributed by atoms with E-state index < -0.39 is 9.05 Å². The molecule has 2 aromatic rings. The topological polar surface area (TPSA) is 43.4 Å². The van der Waals surface area contributed by atoms with E-state index in [9.17, 15) is 8.42 Å². The predicted molar refractivity (Wildman–Crippen MR) is 85.1 cm³/mol. The fraction of sp³-hybridized carbons (Fsp3) is 0.200. The lowest BCUT2D eigenvalue weighted by molar-refractivity contribution is 0.481. The van der Waals surface area contributed by atoms with Crippen LogP contribution < -0.4 is 4.74 Å². The van der Waals surface area contributed by atoms with Gasteiger partial charge in [0.25, 0.3) is 9.05 Å². The van der Waals surface area contributed by atoms with Crippen molar-refractivity contribution in [2.75, 3.05) is 0 Å². The molecule has 0 aliphatic heterocycles. The zero-order valence-corrected chi connectivity index (χ0v) is 13.9. The maximum absolute atomic E-state index is 11.4. The van der Waals surface area contributed by atoms with Crippen LogP contribution in [-0.2, 0) is 15.5 Å². The number of aryl methyl sites for hydroxylation is 2. The lowest BCUT2D eigenvalue weighted by atomic mass is 10.1. The van der Waals surface area contributed by atoms with Crippen LogP contribution in [0.15, 0.2) is 41.3 Å². The molecule has 0 unspecified atom stereocenters. The molecule has 2 rings (SSSR count). The van der Waals surface area contributed by atoms with Gasteiger partial charge >= 0.3 is 0 Å².